The van der Waals surface area contributed by atoms with E-state index in [-0.39, 0.29) is 11.7 Å². The summed E-state index contributed by atoms with van der Waals surface area (Å²) in [4.78, 5) is 27.8. The first-order valence-electron chi connectivity index (χ1n) is 8.38. The second-order valence-corrected chi connectivity index (χ2v) is 6.44. The Bertz CT molecular complexity index is 937. The lowest BCUT2D eigenvalue weighted by atomic mass is 10.1. The minimum Gasteiger partial charge on any atom is -0.348 e. The Morgan fingerprint density at radius 2 is 1.59 bits per heavy atom. The second-order valence-electron chi connectivity index (χ2n) is 6.00. The molecule has 0 atom stereocenters. The molecule has 0 spiro atoms. The highest BCUT2D eigenvalue weighted by Crippen LogP contribution is 2.16. The van der Waals surface area contributed by atoms with Crippen LogP contribution < -0.4 is 10.6 Å². The predicted molar refractivity (Wildman–Crippen MR) is 107 cm³/mol. The molecular formula is C21H18ClN3O2. The van der Waals surface area contributed by atoms with Gasteiger partial charge in [-0.3, -0.25) is 9.59 Å². The smallest absolute Gasteiger partial charge is 0.253 e. The predicted octanol–water partition coefficient (Wildman–Crippen LogP) is 4.61. The number of benzene rings is 2. The lowest BCUT2D eigenvalue weighted by molar-refractivity contribution is 0.0949. The van der Waals surface area contributed by atoms with E-state index in [1.54, 1.807) is 36.4 Å². The van der Waals surface area contributed by atoms with Gasteiger partial charge in [0.05, 0.1) is 5.56 Å². The molecule has 3 aromatic rings. The largest absolute Gasteiger partial charge is 0.348 e. The van der Waals surface area contributed by atoms with Crippen LogP contribution in [0.4, 0.5) is 11.5 Å². The molecule has 2 N–H and O–H groups in total. The SMILES string of the molecule is CC(=O)c1ccc(Nc2ccc(C(=O)NCc3ccc(Cl)cc3)cn2)cc1. The van der Waals surface area contributed by atoms with Crippen molar-refractivity contribution in [2.75, 3.05) is 5.32 Å². The van der Waals surface area contributed by atoms with Crippen LogP contribution in [0.3, 0.4) is 0 Å². The van der Waals surface area contributed by atoms with Crippen LogP contribution in [0.15, 0.2) is 66.9 Å². The van der Waals surface area contributed by atoms with Gasteiger partial charge in [-0.1, -0.05) is 23.7 Å². The number of anilines is 2. The number of nitrogens with one attached hydrogen (secondary N) is 2. The maximum Gasteiger partial charge on any atom is 0.253 e. The molecule has 0 saturated heterocycles. The molecule has 1 aromatic heterocycles. The van der Waals surface area contributed by atoms with Crippen molar-refractivity contribution in [3.05, 3.63) is 88.6 Å². The number of nitrogens with zero attached hydrogens (tertiary/aromatic N) is 1. The van der Waals surface area contributed by atoms with Gasteiger partial charge in [-0.2, -0.15) is 0 Å². The van der Waals surface area contributed by atoms with Crippen LogP contribution in [0.25, 0.3) is 0 Å². The third-order valence-electron chi connectivity index (χ3n) is 3.96. The molecule has 1 heterocycles. The fraction of sp³-hybridized carbons (Fsp3) is 0.0952. The van der Waals surface area contributed by atoms with Crippen molar-refractivity contribution in [3.63, 3.8) is 0 Å². The van der Waals surface area contributed by atoms with E-state index < -0.39 is 0 Å². The van der Waals surface area contributed by atoms with Crippen LogP contribution in [-0.4, -0.2) is 16.7 Å². The van der Waals surface area contributed by atoms with Crippen molar-refractivity contribution < 1.29 is 9.59 Å². The van der Waals surface area contributed by atoms with Crippen LogP contribution in [-0.2, 0) is 6.54 Å². The Morgan fingerprint density at radius 1 is 0.926 bits per heavy atom. The van der Waals surface area contributed by atoms with Gasteiger partial charge in [-0.05, 0) is 61.0 Å². The van der Waals surface area contributed by atoms with Gasteiger partial charge in [0.15, 0.2) is 5.78 Å². The van der Waals surface area contributed by atoms with E-state index >= 15 is 0 Å². The maximum absolute atomic E-state index is 12.2. The molecule has 0 aliphatic heterocycles. The highest BCUT2D eigenvalue weighted by molar-refractivity contribution is 6.30. The van der Waals surface area contributed by atoms with Gasteiger partial charge in [0, 0.05) is 29.0 Å². The van der Waals surface area contributed by atoms with E-state index in [1.807, 2.05) is 24.3 Å². The molecule has 2 aromatic carbocycles. The number of aromatic nitrogens is 1. The van der Waals surface area contributed by atoms with E-state index in [0.29, 0.717) is 28.5 Å². The molecule has 0 bridgehead atoms. The van der Waals surface area contributed by atoms with Crippen molar-refractivity contribution in [3.8, 4) is 0 Å². The Hall–Kier alpha value is -3.18. The fourth-order valence-corrected chi connectivity index (χ4v) is 2.55. The van der Waals surface area contributed by atoms with E-state index in [4.69, 9.17) is 11.6 Å². The Kier molecular flexibility index (Phi) is 5.84. The Morgan fingerprint density at radius 3 is 2.19 bits per heavy atom. The van der Waals surface area contributed by atoms with Crippen molar-refractivity contribution >= 4 is 34.8 Å². The summed E-state index contributed by atoms with van der Waals surface area (Å²) < 4.78 is 0. The standard InChI is InChI=1S/C21H18ClN3O2/c1-14(26)16-4-9-19(10-5-16)25-20-11-6-17(13-23-20)21(27)24-12-15-2-7-18(22)8-3-15/h2-11,13H,12H2,1H3,(H,23,25)(H,24,27). The van der Waals surface area contributed by atoms with E-state index in [9.17, 15) is 9.59 Å². The van der Waals surface area contributed by atoms with Crippen molar-refractivity contribution in [2.45, 2.75) is 13.5 Å². The first-order chi connectivity index (χ1) is 13.0. The number of halogens is 1. The summed E-state index contributed by atoms with van der Waals surface area (Å²) in [5.41, 5.74) is 2.91. The van der Waals surface area contributed by atoms with Gasteiger partial charge in [0.25, 0.3) is 5.91 Å². The average molecular weight is 380 g/mol. The number of amides is 1. The average Bonchev–Trinajstić information content (AvgIpc) is 2.68. The number of carbonyl (C=O) groups excluding carboxylic acids is 2. The third-order valence-corrected chi connectivity index (χ3v) is 4.21. The summed E-state index contributed by atoms with van der Waals surface area (Å²) in [7, 11) is 0. The lowest BCUT2D eigenvalue weighted by Gasteiger charge is -2.08. The van der Waals surface area contributed by atoms with Crippen LogP contribution in [0, 0.1) is 0 Å². The van der Waals surface area contributed by atoms with E-state index in [2.05, 4.69) is 15.6 Å². The van der Waals surface area contributed by atoms with Crippen molar-refractivity contribution in [1.82, 2.24) is 10.3 Å². The van der Waals surface area contributed by atoms with Crippen LogP contribution in [0.5, 0.6) is 0 Å². The van der Waals surface area contributed by atoms with Gasteiger partial charge in [-0.25, -0.2) is 4.98 Å². The zero-order valence-corrected chi connectivity index (χ0v) is 15.5. The molecule has 6 heteroatoms. The quantitative estimate of drug-likeness (QED) is 0.613. The number of ketones is 1. The number of rotatable bonds is 6. The summed E-state index contributed by atoms with van der Waals surface area (Å²) in [6.45, 7) is 1.94. The third kappa shape index (κ3) is 5.15. The lowest BCUT2D eigenvalue weighted by Crippen LogP contribution is -2.22. The summed E-state index contributed by atoms with van der Waals surface area (Å²) >= 11 is 5.85. The summed E-state index contributed by atoms with van der Waals surface area (Å²) in [5.74, 6) is 0.434. The number of hydrogen-bond donors (Lipinski definition) is 2. The Balaban J connectivity index is 1.58. The molecule has 0 aliphatic carbocycles. The number of hydrogen-bond acceptors (Lipinski definition) is 4. The molecule has 0 unspecified atom stereocenters. The molecule has 136 valence electrons. The van der Waals surface area contributed by atoms with Gasteiger partial charge in [0.1, 0.15) is 5.82 Å². The zero-order chi connectivity index (χ0) is 19.2. The molecule has 27 heavy (non-hydrogen) atoms. The molecule has 3 rings (SSSR count). The summed E-state index contributed by atoms with van der Waals surface area (Å²) in [6.07, 6.45) is 1.52. The van der Waals surface area contributed by atoms with Crippen LogP contribution >= 0.6 is 11.6 Å². The maximum atomic E-state index is 12.2. The topological polar surface area (TPSA) is 71.1 Å². The normalized spacial score (nSPS) is 10.3. The second kappa shape index (κ2) is 8.47. The molecule has 1 amide bonds. The fourth-order valence-electron chi connectivity index (χ4n) is 2.42. The van der Waals surface area contributed by atoms with Crippen LogP contribution in [0.2, 0.25) is 5.02 Å². The van der Waals surface area contributed by atoms with Gasteiger partial charge in [0.2, 0.25) is 0 Å². The zero-order valence-electron chi connectivity index (χ0n) is 14.7. The molecular weight excluding hydrogens is 362 g/mol. The molecule has 0 aliphatic rings. The van der Waals surface area contributed by atoms with E-state index in [0.717, 1.165) is 11.3 Å². The van der Waals surface area contributed by atoms with Crippen molar-refractivity contribution in [2.24, 2.45) is 0 Å². The van der Waals surface area contributed by atoms with Crippen LogP contribution in [0.1, 0.15) is 33.2 Å². The van der Waals surface area contributed by atoms with Crippen molar-refractivity contribution in [1.29, 1.82) is 0 Å². The highest BCUT2D eigenvalue weighted by Gasteiger charge is 2.07. The van der Waals surface area contributed by atoms with Gasteiger partial charge < -0.3 is 10.6 Å². The van der Waals surface area contributed by atoms with Gasteiger partial charge in [-0.15, -0.1) is 0 Å². The minimum atomic E-state index is -0.199. The van der Waals surface area contributed by atoms with Gasteiger partial charge >= 0.3 is 0 Å². The monoisotopic (exact) mass is 379 g/mol. The minimum absolute atomic E-state index is 0.0219. The Labute approximate surface area is 162 Å². The number of pyridine rings is 1. The highest BCUT2D eigenvalue weighted by atomic mass is 35.5. The first-order valence-corrected chi connectivity index (χ1v) is 8.76. The van der Waals surface area contributed by atoms with E-state index in [1.165, 1.54) is 13.1 Å². The molecule has 0 saturated carbocycles. The number of carbonyl (C=O) groups is 2. The number of Topliss-reactive ketones (excluding diaryl/α,β-unsaturated/α-hetero) is 1. The molecule has 0 radical (unpaired) electrons. The molecule has 0 fully saturated rings. The summed E-state index contributed by atoms with van der Waals surface area (Å²) in [5, 5.41) is 6.64. The first kappa shape index (κ1) is 18.6. The molecule has 5 nitrogen and oxygen atoms in total. The summed E-state index contributed by atoms with van der Waals surface area (Å²) in [6, 6.07) is 17.9.